The van der Waals surface area contributed by atoms with Crippen LogP contribution in [0.15, 0.2) is 29.1 Å². The molecule has 1 heterocycles. The van der Waals surface area contributed by atoms with Crippen molar-refractivity contribution in [3.8, 4) is 29.0 Å². The van der Waals surface area contributed by atoms with Gasteiger partial charge in [-0.25, -0.2) is 0 Å². The Morgan fingerprint density at radius 2 is 1.81 bits per heavy atom. The average Bonchev–Trinajstić information content (AvgIpc) is 2.48. The molecule has 0 fully saturated rings. The molecule has 0 aliphatic rings. The van der Waals surface area contributed by atoms with Gasteiger partial charge >= 0.3 is 0 Å². The van der Waals surface area contributed by atoms with Crippen LogP contribution in [0.2, 0.25) is 0 Å². The number of nitrogens with zero attached hydrogens (tertiary/aromatic N) is 2. The highest BCUT2D eigenvalue weighted by Gasteiger charge is 2.17. The fourth-order valence-electron chi connectivity index (χ4n) is 2.02. The Labute approximate surface area is 121 Å². The molecular weight excluding hydrogens is 268 g/mol. The molecule has 0 saturated heterocycles. The number of nitrogens with two attached hydrogens (primary N) is 1. The lowest BCUT2D eigenvalue weighted by molar-refractivity contribution is 0.340. The van der Waals surface area contributed by atoms with Gasteiger partial charge in [-0.15, -0.1) is 0 Å². The van der Waals surface area contributed by atoms with Gasteiger partial charge in [0.25, 0.3) is 5.56 Å². The molecule has 2 aromatic rings. The van der Waals surface area contributed by atoms with Crippen LogP contribution in [0.3, 0.4) is 0 Å². The van der Waals surface area contributed by atoms with Gasteiger partial charge in [0.05, 0.1) is 6.61 Å². The minimum absolute atomic E-state index is 0.0506. The largest absolute Gasteiger partial charge is 0.494 e. The first-order valence-electron chi connectivity index (χ1n) is 6.21. The van der Waals surface area contributed by atoms with Crippen LogP contribution in [0.25, 0.3) is 11.1 Å². The van der Waals surface area contributed by atoms with Gasteiger partial charge in [-0.05, 0) is 24.6 Å². The molecule has 0 aliphatic heterocycles. The van der Waals surface area contributed by atoms with Crippen LogP contribution < -0.4 is 16.0 Å². The molecule has 0 bridgehead atoms. The molecule has 0 atom stereocenters. The number of anilines is 1. The van der Waals surface area contributed by atoms with E-state index in [1.807, 2.05) is 19.1 Å². The summed E-state index contributed by atoms with van der Waals surface area (Å²) in [7, 11) is 0. The standard InChI is InChI=1S/C15H12N4O2/c1-2-21-10-5-3-9(4-6-10)13-11(7-16)14(18)19-15(20)12(13)8-17/h3-6H,2H2,1H3,(H3,18,19,20). The van der Waals surface area contributed by atoms with Gasteiger partial charge in [0.15, 0.2) is 0 Å². The molecule has 21 heavy (non-hydrogen) atoms. The first-order chi connectivity index (χ1) is 10.1. The fourth-order valence-corrected chi connectivity index (χ4v) is 2.02. The van der Waals surface area contributed by atoms with Crippen molar-refractivity contribution in [2.75, 3.05) is 12.3 Å². The van der Waals surface area contributed by atoms with E-state index in [4.69, 9.17) is 15.7 Å². The predicted octanol–water partition coefficient (Wildman–Crippen LogP) is 1.77. The highest BCUT2D eigenvalue weighted by Crippen LogP contribution is 2.29. The number of nitrogen functional groups attached to an aromatic ring is 1. The maximum atomic E-state index is 11.8. The maximum Gasteiger partial charge on any atom is 0.268 e. The van der Waals surface area contributed by atoms with Gasteiger partial charge in [-0.3, -0.25) is 4.79 Å². The number of benzene rings is 1. The first-order valence-corrected chi connectivity index (χ1v) is 6.21. The molecule has 0 aliphatic carbocycles. The van der Waals surface area contributed by atoms with Crippen molar-refractivity contribution in [2.45, 2.75) is 6.92 Å². The molecule has 1 aromatic carbocycles. The first kappa shape index (κ1) is 14.2. The van der Waals surface area contributed by atoms with Gasteiger partial charge in [-0.2, -0.15) is 10.5 Å². The second-order valence-corrected chi connectivity index (χ2v) is 4.17. The van der Waals surface area contributed by atoms with Gasteiger partial charge in [0.1, 0.15) is 34.8 Å². The highest BCUT2D eigenvalue weighted by molar-refractivity contribution is 5.80. The quantitative estimate of drug-likeness (QED) is 0.888. The molecule has 6 nitrogen and oxygen atoms in total. The summed E-state index contributed by atoms with van der Waals surface area (Å²) in [5.41, 5.74) is 5.79. The number of H-pyrrole nitrogens is 1. The highest BCUT2D eigenvalue weighted by atomic mass is 16.5. The predicted molar refractivity (Wildman–Crippen MR) is 77.5 cm³/mol. The average molecular weight is 280 g/mol. The number of hydrogen-bond acceptors (Lipinski definition) is 5. The molecule has 6 heteroatoms. The Bertz CT molecular complexity index is 808. The van der Waals surface area contributed by atoms with Crippen molar-refractivity contribution >= 4 is 5.82 Å². The molecule has 0 saturated carbocycles. The Morgan fingerprint density at radius 1 is 1.19 bits per heavy atom. The summed E-state index contributed by atoms with van der Waals surface area (Å²) in [6.07, 6.45) is 0. The fraction of sp³-hybridized carbons (Fsp3) is 0.133. The summed E-state index contributed by atoms with van der Waals surface area (Å²) >= 11 is 0. The van der Waals surface area contributed by atoms with E-state index in [9.17, 15) is 10.1 Å². The molecule has 1 aromatic heterocycles. The number of pyridine rings is 1. The summed E-state index contributed by atoms with van der Waals surface area (Å²) in [6, 6.07) is 10.5. The van der Waals surface area contributed by atoms with E-state index in [-0.39, 0.29) is 22.5 Å². The number of nitrogens with one attached hydrogen (secondary N) is 1. The van der Waals surface area contributed by atoms with Gasteiger partial charge < -0.3 is 15.5 Å². The zero-order valence-electron chi connectivity index (χ0n) is 11.3. The van der Waals surface area contributed by atoms with Crippen molar-refractivity contribution in [3.63, 3.8) is 0 Å². The van der Waals surface area contributed by atoms with E-state index in [1.165, 1.54) is 0 Å². The molecule has 2 rings (SSSR count). The molecule has 0 radical (unpaired) electrons. The maximum absolute atomic E-state index is 11.8. The number of hydrogen-bond donors (Lipinski definition) is 2. The molecule has 3 N–H and O–H groups in total. The van der Waals surface area contributed by atoms with E-state index >= 15 is 0 Å². The van der Waals surface area contributed by atoms with E-state index < -0.39 is 5.56 Å². The Balaban J connectivity index is 2.71. The SMILES string of the molecule is CCOc1ccc(-c2c(C#N)c(N)[nH]c(=O)c2C#N)cc1. The van der Waals surface area contributed by atoms with Crippen molar-refractivity contribution in [1.82, 2.24) is 4.98 Å². The van der Waals surface area contributed by atoms with Crippen molar-refractivity contribution < 1.29 is 4.74 Å². The van der Waals surface area contributed by atoms with Gasteiger partial charge in [0.2, 0.25) is 0 Å². The summed E-state index contributed by atoms with van der Waals surface area (Å²) in [6.45, 7) is 2.40. The third-order valence-corrected chi connectivity index (χ3v) is 2.92. The normalized spacial score (nSPS) is 9.67. The van der Waals surface area contributed by atoms with E-state index in [0.717, 1.165) is 0 Å². The summed E-state index contributed by atoms with van der Waals surface area (Å²) in [4.78, 5) is 14.1. The van der Waals surface area contributed by atoms with Crippen LogP contribution in [-0.4, -0.2) is 11.6 Å². The summed E-state index contributed by atoms with van der Waals surface area (Å²) < 4.78 is 5.33. The number of rotatable bonds is 3. The smallest absolute Gasteiger partial charge is 0.268 e. The molecular formula is C15H12N4O2. The van der Waals surface area contributed by atoms with Crippen LogP contribution in [0.1, 0.15) is 18.1 Å². The number of ether oxygens (including phenoxy) is 1. The summed E-state index contributed by atoms with van der Waals surface area (Å²) in [5, 5.41) is 18.4. The van der Waals surface area contributed by atoms with E-state index in [1.54, 1.807) is 24.3 Å². The number of aromatic nitrogens is 1. The second-order valence-electron chi connectivity index (χ2n) is 4.17. The Morgan fingerprint density at radius 3 is 2.33 bits per heavy atom. The van der Waals surface area contributed by atoms with Gasteiger partial charge in [-0.1, -0.05) is 12.1 Å². The minimum Gasteiger partial charge on any atom is -0.494 e. The van der Waals surface area contributed by atoms with Crippen LogP contribution >= 0.6 is 0 Å². The monoisotopic (exact) mass is 280 g/mol. The Kier molecular flexibility index (Phi) is 3.92. The Hall–Kier alpha value is -3.25. The lowest BCUT2D eigenvalue weighted by Crippen LogP contribution is -2.16. The van der Waals surface area contributed by atoms with Gasteiger partial charge in [0, 0.05) is 5.56 Å². The zero-order chi connectivity index (χ0) is 15.4. The van der Waals surface area contributed by atoms with Crippen molar-refractivity contribution in [2.24, 2.45) is 0 Å². The van der Waals surface area contributed by atoms with Crippen LogP contribution in [0.5, 0.6) is 5.75 Å². The molecule has 0 unspecified atom stereocenters. The van der Waals surface area contributed by atoms with E-state index in [2.05, 4.69) is 4.98 Å². The zero-order valence-corrected chi connectivity index (χ0v) is 11.3. The third kappa shape index (κ3) is 2.56. The second kappa shape index (κ2) is 5.81. The lowest BCUT2D eigenvalue weighted by atomic mass is 9.97. The minimum atomic E-state index is -0.613. The lowest BCUT2D eigenvalue weighted by Gasteiger charge is -2.09. The molecule has 0 amide bonds. The van der Waals surface area contributed by atoms with Crippen molar-refractivity contribution in [1.29, 1.82) is 10.5 Å². The van der Waals surface area contributed by atoms with Crippen molar-refractivity contribution in [3.05, 3.63) is 45.7 Å². The third-order valence-electron chi connectivity index (χ3n) is 2.92. The number of aromatic amines is 1. The topological polar surface area (TPSA) is 116 Å². The van der Waals surface area contributed by atoms with E-state index in [0.29, 0.717) is 17.9 Å². The van der Waals surface area contributed by atoms with Crippen LogP contribution in [0.4, 0.5) is 5.82 Å². The van der Waals surface area contributed by atoms with Crippen LogP contribution in [-0.2, 0) is 0 Å². The molecule has 104 valence electrons. The summed E-state index contributed by atoms with van der Waals surface area (Å²) in [5.74, 6) is 0.612. The van der Waals surface area contributed by atoms with Crippen LogP contribution in [0, 0.1) is 22.7 Å². The molecule has 0 spiro atoms. The number of nitriles is 2.